The average molecular weight is 442 g/mol. The Balaban J connectivity index is 1.78. The summed E-state index contributed by atoms with van der Waals surface area (Å²) >= 11 is 1.44. The van der Waals surface area contributed by atoms with E-state index in [4.69, 9.17) is 4.74 Å². The summed E-state index contributed by atoms with van der Waals surface area (Å²) in [6.45, 7) is 8.11. The van der Waals surface area contributed by atoms with Gasteiger partial charge in [0.15, 0.2) is 6.61 Å². The van der Waals surface area contributed by atoms with E-state index in [1.807, 2.05) is 20.8 Å². The highest BCUT2D eigenvalue weighted by Gasteiger charge is 2.16. The van der Waals surface area contributed by atoms with Crippen LogP contribution in [0, 0.1) is 19.8 Å². The molecule has 0 saturated heterocycles. The largest absolute Gasteiger partial charge is 0.484 e. The van der Waals surface area contributed by atoms with Crippen molar-refractivity contribution in [2.24, 2.45) is 5.92 Å². The summed E-state index contributed by atoms with van der Waals surface area (Å²) in [6, 6.07) is 4.57. The third-order valence-electron chi connectivity index (χ3n) is 3.73. The third kappa shape index (κ3) is 7.67. The molecule has 1 amide bonds. The number of benzene rings is 1. The zero-order valence-electron chi connectivity index (χ0n) is 17.0. The number of H-pyrrole nitrogens is 1. The zero-order chi connectivity index (χ0) is 21.4. The fraction of sp³-hybridized carbons (Fsp3) is 0.500. The highest BCUT2D eigenvalue weighted by atomic mass is 32.2. The van der Waals surface area contributed by atoms with E-state index in [0.29, 0.717) is 35.3 Å². The lowest BCUT2D eigenvalue weighted by atomic mass is 10.2. The number of nitrogens with one attached hydrogen (secondary N) is 3. The number of aryl methyl sites for hydroxylation is 2. The van der Waals surface area contributed by atoms with Crippen molar-refractivity contribution in [1.82, 2.24) is 25.2 Å². The Bertz CT molecular complexity index is 928. The van der Waals surface area contributed by atoms with Crippen LogP contribution in [0.25, 0.3) is 0 Å². The molecule has 1 heterocycles. The number of carbonyl (C=O) groups is 1. The van der Waals surface area contributed by atoms with E-state index in [1.165, 1.54) is 23.9 Å². The number of nitrogens with zero attached hydrogens (tertiary/aromatic N) is 2. The molecule has 0 aliphatic rings. The van der Waals surface area contributed by atoms with E-state index in [1.54, 1.807) is 13.0 Å². The summed E-state index contributed by atoms with van der Waals surface area (Å²) in [5.41, 5.74) is 0.640. The lowest BCUT2D eigenvalue weighted by molar-refractivity contribution is -0.122. The van der Waals surface area contributed by atoms with E-state index >= 15 is 0 Å². The molecule has 0 aliphatic heterocycles. The van der Waals surface area contributed by atoms with Crippen LogP contribution in [0.2, 0.25) is 0 Å². The van der Waals surface area contributed by atoms with Crippen LogP contribution in [0.1, 0.15) is 25.2 Å². The maximum atomic E-state index is 12.3. The van der Waals surface area contributed by atoms with Gasteiger partial charge in [-0.2, -0.15) is 0 Å². The van der Waals surface area contributed by atoms with Crippen molar-refractivity contribution in [3.8, 4) is 5.75 Å². The van der Waals surface area contributed by atoms with Crippen LogP contribution in [-0.4, -0.2) is 55.0 Å². The number of ether oxygens (including phenoxy) is 1. The van der Waals surface area contributed by atoms with Crippen molar-refractivity contribution in [3.63, 3.8) is 0 Å². The van der Waals surface area contributed by atoms with E-state index in [9.17, 15) is 13.2 Å². The lowest BCUT2D eigenvalue weighted by Gasteiger charge is -2.12. The lowest BCUT2D eigenvalue weighted by Crippen LogP contribution is -2.30. The van der Waals surface area contributed by atoms with Crippen molar-refractivity contribution in [3.05, 3.63) is 29.6 Å². The van der Waals surface area contributed by atoms with Crippen LogP contribution in [0.15, 0.2) is 28.3 Å². The van der Waals surface area contributed by atoms with Crippen molar-refractivity contribution in [1.29, 1.82) is 0 Å². The molecule has 0 spiro atoms. The van der Waals surface area contributed by atoms with Crippen LogP contribution in [0.3, 0.4) is 0 Å². The topological polar surface area (TPSA) is 126 Å². The van der Waals surface area contributed by atoms with Crippen LogP contribution in [-0.2, 0) is 14.8 Å². The first-order valence-corrected chi connectivity index (χ1v) is 11.7. The van der Waals surface area contributed by atoms with Gasteiger partial charge in [0, 0.05) is 18.8 Å². The van der Waals surface area contributed by atoms with E-state index in [2.05, 4.69) is 25.2 Å². The summed E-state index contributed by atoms with van der Waals surface area (Å²) in [5.74, 6) is 1.80. The SMILES string of the molecule is Cc1nc(SCCNC(=O)COc2ccc(S(=O)(=O)NCC(C)C)cc2C)n[nH]1. The number of carbonyl (C=O) groups excluding carboxylic acids is 1. The Morgan fingerprint density at radius 2 is 2.07 bits per heavy atom. The number of sulfonamides is 1. The maximum absolute atomic E-state index is 12.3. The van der Waals surface area contributed by atoms with Crippen molar-refractivity contribution >= 4 is 27.7 Å². The molecule has 160 valence electrons. The molecule has 9 nitrogen and oxygen atoms in total. The third-order valence-corrected chi connectivity index (χ3v) is 6.00. The van der Waals surface area contributed by atoms with Crippen molar-refractivity contribution in [2.45, 2.75) is 37.7 Å². The molecule has 0 atom stereocenters. The number of aromatic amines is 1. The van der Waals surface area contributed by atoms with Gasteiger partial charge >= 0.3 is 0 Å². The first-order valence-electron chi connectivity index (χ1n) is 9.19. The second kappa shape index (κ2) is 10.6. The van der Waals surface area contributed by atoms with Crippen molar-refractivity contribution < 1.29 is 17.9 Å². The Hall–Kier alpha value is -2.11. The Kier molecular flexibility index (Phi) is 8.47. The highest BCUT2D eigenvalue weighted by molar-refractivity contribution is 7.99. The first kappa shape index (κ1) is 23.2. The molecule has 1 aromatic heterocycles. The quantitative estimate of drug-likeness (QED) is 0.357. The fourth-order valence-electron chi connectivity index (χ4n) is 2.22. The maximum Gasteiger partial charge on any atom is 0.257 e. The molecule has 3 N–H and O–H groups in total. The molecule has 0 bridgehead atoms. The number of thioether (sulfide) groups is 1. The van der Waals surface area contributed by atoms with Gasteiger partial charge in [-0.25, -0.2) is 18.1 Å². The molecule has 29 heavy (non-hydrogen) atoms. The minimum Gasteiger partial charge on any atom is -0.484 e. The number of hydrogen-bond acceptors (Lipinski definition) is 7. The molecule has 0 aliphatic carbocycles. The van der Waals surface area contributed by atoms with Gasteiger partial charge in [-0.1, -0.05) is 25.6 Å². The predicted octanol–water partition coefficient (Wildman–Crippen LogP) is 1.64. The molecule has 0 fully saturated rings. The molecule has 2 rings (SSSR count). The molecular weight excluding hydrogens is 414 g/mol. The summed E-state index contributed by atoms with van der Waals surface area (Å²) < 4.78 is 32.7. The van der Waals surface area contributed by atoms with Crippen LogP contribution in [0.5, 0.6) is 5.75 Å². The molecular formula is C18H27N5O4S2. The fourth-order valence-corrected chi connectivity index (χ4v) is 4.22. The first-order chi connectivity index (χ1) is 13.7. The predicted molar refractivity (Wildman–Crippen MR) is 112 cm³/mol. The highest BCUT2D eigenvalue weighted by Crippen LogP contribution is 2.21. The molecule has 0 radical (unpaired) electrons. The number of rotatable bonds is 11. The minimum absolute atomic E-state index is 0.150. The van der Waals surface area contributed by atoms with Crippen LogP contribution < -0.4 is 14.8 Å². The summed E-state index contributed by atoms with van der Waals surface area (Å²) in [7, 11) is -3.56. The average Bonchev–Trinajstić information content (AvgIpc) is 3.08. The Labute approximate surface area is 175 Å². The van der Waals surface area contributed by atoms with Gasteiger partial charge in [0.2, 0.25) is 15.2 Å². The zero-order valence-corrected chi connectivity index (χ0v) is 18.6. The van der Waals surface area contributed by atoms with E-state index < -0.39 is 10.0 Å². The summed E-state index contributed by atoms with van der Waals surface area (Å²) in [4.78, 5) is 16.3. The number of aromatic nitrogens is 3. The molecule has 0 saturated carbocycles. The number of hydrogen-bond donors (Lipinski definition) is 3. The molecule has 2 aromatic rings. The van der Waals surface area contributed by atoms with Gasteiger partial charge in [-0.05, 0) is 43.5 Å². The standard InChI is InChI=1S/C18H27N5O4S2/c1-12(2)10-20-29(25,26)15-5-6-16(13(3)9-15)27-11-17(24)19-7-8-28-18-21-14(4)22-23-18/h5-6,9,12,20H,7-8,10-11H2,1-4H3,(H,19,24)(H,21,22,23). The monoisotopic (exact) mass is 441 g/mol. The Morgan fingerprint density at radius 3 is 2.69 bits per heavy atom. The summed E-state index contributed by atoms with van der Waals surface area (Å²) in [5, 5.41) is 10.2. The van der Waals surface area contributed by atoms with Crippen molar-refractivity contribution in [2.75, 3.05) is 25.4 Å². The van der Waals surface area contributed by atoms with Gasteiger partial charge in [-0.3, -0.25) is 9.89 Å². The van der Waals surface area contributed by atoms with Crippen LogP contribution in [0.4, 0.5) is 0 Å². The minimum atomic E-state index is -3.56. The van der Waals surface area contributed by atoms with Gasteiger partial charge < -0.3 is 10.1 Å². The van der Waals surface area contributed by atoms with E-state index in [-0.39, 0.29) is 23.3 Å². The van der Waals surface area contributed by atoms with Gasteiger partial charge in [0.1, 0.15) is 11.6 Å². The normalized spacial score (nSPS) is 11.6. The van der Waals surface area contributed by atoms with Gasteiger partial charge in [0.25, 0.3) is 5.91 Å². The van der Waals surface area contributed by atoms with Crippen LogP contribution >= 0.6 is 11.8 Å². The summed E-state index contributed by atoms with van der Waals surface area (Å²) in [6.07, 6.45) is 0. The molecule has 11 heteroatoms. The second-order valence-corrected chi connectivity index (χ2v) is 9.69. The Morgan fingerprint density at radius 1 is 1.31 bits per heavy atom. The van der Waals surface area contributed by atoms with Gasteiger partial charge in [-0.15, -0.1) is 5.10 Å². The van der Waals surface area contributed by atoms with E-state index in [0.717, 1.165) is 5.82 Å². The smallest absolute Gasteiger partial charge is 0.257 e. The number of amides is 1. The second-order valence-electron chi connectivity index (χ2n) is 6.86. The molecule has 1 aromatic carbocycles. The molecule has 0 unspecified atom stereocenters. The van der Waals surface area contributed by atoms with Gasteiger partial charge in [0.05, 0.1) is 4.90 Å².